The molecule has 0 saturated carbocycles. The second kappa shape index (κ2) is 10.1. The molecule has 2 amide bonds. The predicted octanol–water partition coefficient (Wildman–Crippen LogP) is 1.13. The van der Waals surface area contributed by atoms with Gasteiger partial charge in [0.05, 0.1) is 25.2 Å². The van der Waals surface area contributed by atoms with Crippen molar-refractivity contribution in [3.63, 3.8) is 0 Å². The van der Waals surface area contributed by atoms with Crippen LogP contribution in [0.3, 0.4) is 0 Å². The molecule has 0 unspecified atom stereocenters. The number of methoxy groups -OCH3 is 1. The number of rotatable bonds is 7. The summed E-state index contributed by atoms with van der Waals surface area (Å²) in [5.74, 6) is -1.23. The first-order chi connectivity index (χ1) is 14.8. The van der Waals surface area contributed by atoms with Crippen LogP contribution in [0.25, 0.3) is 0 Å². The van der Waals surface area contributed by atoms with Crippen molar-refractivity contribution in [1.29, 1.82) is 0 Å². The Balaban J connectivity index is 1.56. The van der Waals surface area contributed by atoms with E-state index in [2.05, 4.69) is 10.6 Å². The van der Waals surface area contributed by atoms with Crippen LogP contribution >= 0.6 is 11.6 Å². The number of carbonyl (C=O) groups is 2. The molecule has 0 aliphatic carbocycles. The van der Waals surface area contributed by atoms with Crippen molar-refractivity contribution in [3.8, 4) is 5.75 Å². The molecule has 1 aliphatic heterocycles. The zero-order valence-electron chi connectivity index (χ0n) is 16.7. The average Bonchev–Trinajstić information content (AvgIpc) is 3.26. The number of halogens is 1. The first-order valence-corrected chi connectivity index (χ1v) is 11.2. The molecule has 9 nitrogen and oxygen atoms in total. The highest BCUT2D eigenvalue weighted by Gasteiger charge is 2.36. The molecule has 0 radical (unpaired) electrons. The van der Waals surface area contributed by atoms with Gasteiger partial charge >= 0.3 is 11.8 Å². The van der Waals surface area contributed by atoms with E-state index in [9.17, 15) is 18.0 Å². The lowest BCUT2D eigenvalue weighted by Gasteiger charge is -2.23. The van der Waals surface area contributed by atoms with Crippen LogP contribution in [-0.4, -0.2) is 57.6 Å². The van der Waals surface area contributed by atoms with E-state index in [1.165, 1.54) is 19.2 Å². The van der Waals surface area contributed by atoms with Crippen LogP contribution in [-0.2, 0) is 30.9 Å². The van der Waals surface area contributed by atoms with Crippen molar-refractivity contribution in [2.75, 3.05) is 26.8 Å². The van der Waals surface area contributed by atoms with Gasteiger partial charge in [0.25, 0.3) is 0 Å². The van der Waals surface area contributed by atoms with Crippen LogP contribution in [0.1, 0.15) is 5.56 Å². The van der Waals surface area contributed by atoms with Crippen LogP contribution in [0.5, 0.6) is 5.75 Å². The molecule has 2 aromatic carbocycles. The molecular formula is C20H22ClN3O6S. The number of hydrogen-bond donors (Lipinski definition) is 2. The summed E-state index contributed by atoms with van der Waals surface area (Å²) in [5, 5.41) is 5.36. The van der Waals surface area contributed by atoms with E-state index in [1.807, 2.05) is 0 Å². The summed E-state index contributed by atoms with van der Waals surface area (Å²) in [6.45, 7) is 0.222. The van der Waals surface area contributed by atoms with Gasteiger partial charge in [-0.25, -0.2) is 8.42 Å². The largest absolute Gasteiger partial charge is 0.497 e. The van der Waals surface area contributed by atoms with Crippen molar-refractivity contribution in [1.82, 2.24) is 14.9 Å². The fourth-order valence-corrected chi connectivity index (χ4v) is 4.70. The summed E-state index contributed by atoms with van der Waals surface area (Å²) in [5.41, 5.74) is 0.668. The van der Waals surface area contributed by atoms with Crippen LogP contribution in [0, 0.1) is 0 Å². The quantitative estimate of drug-likeness (QED) is 0.590. The molecule has 2 N–H and O–H groups in total. The molecule has 3 rings (SSSR count). The Morgan fingerprint density at radius 3 is 2.48 bits per heavy atom. The highest BCUT2D eigenvalue weighted by atomic mass is 35.5. The van der Waals surface area contributed by atoms with Crippen LogP contribution < -0.4 is 15.4 Å². The van der Waals surface area contributed by atoms with Crippen LogP contribution in [0.15, 0.2) is 53.4 Å². The Labute approximate surface area is 185 Å². The van der Waals surface area contributed by atoms with Gasteiger partial charge in [-0.3, -0.25) is 9.59 Å². The molecule has 2 aromatic rings. The molecule has 1 saturated heterocycles. The third-order valence-electron chi connectivity index (χ3n) is 4.65. The first-order valence-electron chi connectivity index (χ1n) is 9.40. The van der Waals surface area contributed by atoms with E-state index in [0.717, 1.165) is 4.31 Å². The zero-order valence-corrected chi connectivity index (χ0v) is 18.3. The molecule has 1 aliphatic rings. The van der Waals surface area contributed by atoms with Gasteiger partial charge in [-0.2, -0.15) is 4.31 Å². The third-order valence-corrected chi connectivity index (χ3v) is 6.92. The van der Waals surface area contributed by atoms with Gasteiger partial charge in [0.15, 0.2) is 0 Å². The fourth-order valence-electron chi connectivity index (χ4n) is 2.98. The summed E-state index contributed by atoms with van der Waals surface area (Å²) in [6, 6.07) is 12.9. The van der Waals surface area contributed by atoms with Crippen molar-refractivity contribution >= 4 is 33.4 Å². The molecule has 166 valence electrons. The normalized spacial score (nSPS) is 16.6. The lowest BCUT2D eigenvalue weighted by molar-refractivity contribution is -0.139. The molecular weight excluding hydrogens is 446 g/mol. The van der Waals surface area contributed by atoms with Crippen molar-refractivity contribution in [3.05, 3.63) is 59.1 Å². The van der Waals surface area contributed by atoms with Crippen molar-refractivity contribution in [2.45, 2.75) is 17.7 Å². The molecule has 0 spiro atoms. The molecule has 11 heteroatoms. The number of nitrogens with zero attached hydrogens (tertiary/aromatic N) is 1. The lowest BCUT2D eigenvalue weighted by atomic mass is 10.2. The molecule has 1 fully saturated rings. The summed E-state index contributed by atoms with van der Waals surface area (Å²) in [6.07, 6.45) is -0.924. The Kier molecular flexibility index (Phi) is 7.50. The minimum Gasteiger partial charge on any atom is -0.497 e. The van der Waals surface area contributed by atoms with Gasteiger partial charge in [-0.05, 0) is 35.9 Å². The second-order valence-electron chi connectivity index (χ2n) is 6.60. The number of hydrogen-bond acceptors (Lipinski definition) is 6. The minimum atomic E-state index is -3.85. The Hall–Kier alpha value is -2.66. The number of nitrogens with one attached hydrogen (secondary N) is 2. The van der Waals surface area contributed by atoms with Crippen molar-refractivity contribution < 1.29 is 27.5 Å². The third kappa shape index (κ3) is 5.53. The Morgan fingerprint density at radius 1 is 1.13 bits per heavy atom. The molecule has 1 atom stereocenters. The monoisotopic (exact) mass is 467 g/mol. The van der Waals surface area contributed by atoms with Gasteiger partial charge in [-0.1, -0.05) is 29.8 Å². The maximum atomic E-state index is 12.9. The van der Waals surface area contributed by atoms with Gasteiger partial charge in [0.2, 0.25) is 10.0 Å². The Morgan fingerprint density at radius 2 is 1.81 bits per heavy atom. The van der Waals surface area contributed by atoms with Gasteiger partial charge < -0.3 is 20.1 Å². The van der Waals surface area contributed by atoms with E-state index in [1.54, 1.807) is 36.4 Å². The maximum absolute atomic E-state index is 12.9. The van der Waals surface area contributed by atoms with E-state index in [0.29, 0.717) is 16.3 Å². The molecule has 1 heterocycles. The molecule has 0 aromatic heterocycles. The Bertz CT molecular complexity index is 1050. The molecule has 31 heavy (non-hydrogen) atoms. The summed E-state index contributed by atoms with van der Waals surface area (Å²) in [7, 11) is -2.36. The number of carbonyl (C=O) groups excluding carboxylic acids is 2. The number of benzene rings is 2. The van der Waals surface area contributed by atoms with E-state index >= 15 is 0 Å². The van der Waals surface area contributed by atoms with E-state index < -0.39 is 28.1 Å². The number of amides is 2. The van der Waals surface area contributed by atoms with E-state index in [-0.39, 0.29) is 31.1 Å². The van der Waals surface area contributed by atoms with Gasteiger partial charge in [-0.15, -0.1) is 0 Å². The maximum Gasteiger partial charge on any atom is 0.309 e. The highest BCUT2D eigenvalue weighted by Crippen LogP contribution is 2.24. The fraction of sp³-hybridized carbons (Fsp3) is 0.300. The summed E-state index contributed by atoms with van der Waals surface area (Å²) < 4.78 is 37.5. The van der Waals surface area contributed by atoms with E-state index in [4.69, 9.17) is 21.1 Å². The predicted molar refractivity (Wildman–Crippen MR) is 113 cm³/mol. The van der Waals surface area contributed by atoms with Crippen molar-refractivity contribution in [2.24, 2.45) is 0 Å². The topological polar surface area (TPSA) is 114 Å². The van der Waals surface area contributed by atoms with Gasteiger partial charge in [0, 0.05) is 18.1 Å². The highest BCUT2D eigenvalue weighted by molar-refractivity contribution is 7.89. The van der Waals surface area contributed by atoms with Crippen LogP contribution in [0.4, 0.5) is 0 Å². The van der Waals surface area contributed by atoms with Crippen LogP contribution in [0.2, 0.25) is 5.02 Å². The SMILES string of the molecule is COc1ccc(S(=O)(=O)N2CCO[C@H]2CNC(=O)C(=O)NCc2ccccc2Cl)cc1. The smallest absolute Gasteiger partial charge is 0.309 e. The minimum absolute atomic E-state index is 0.0765. The summed E-state index contributed by atoms with van der Waals surface area (Å²) in [4.78, 5) is 24.2. The van der Waals surface area contributed by atoms with Gasteiger partial charge in [0.1, 0.15) is 12.0 Å². The average molecular weight is 468 g/mol. The number of sulfonamides is 1. The standard InChI is InChI=1S/C20H22ClN3O6S/c1-29-15-6-8-16(9-7-15)31(27,28)24-10-11-30-18(24)13-23-20(26)19(25)22-12-14-4-2-3-5-17(14)21/h2-9,18H,10-13H2,1H3,(H,22,25)(H,23,26)/t18-/m0/s1. The first kappa shape index (κ1) is 23.0. The lowest BCUT2D eigenvalue weighted by Crippen LogP contribution is -2.47. The zero-order chi connectivity index (χ0) is 22.4. The second-order valence-corrected chi connectivity index (χ2v) is 8.90. The number of ether oxygens (including phenoxy) is 2. The molecule has 0 bridgehead atoms. The summed E-state index contributed by atoms with van der Waals surface area (Å²) >= 11 is 6.02.